The van der Waals surface area contributed by atoms with Gasteiger partial charge in [-0.1, -0.05) is 146 Å². The fourth-order valence-corrected chi connectivity index (χ4v) is 11.1. The second-order valence-electron chi connectivity index (χ2n) is 14.6. The monoisotopic (exact) mass is 764 g/mol. The van der Waals surface area contributed by atoms with Crippen LogP contribution in [0.3, 0.4) is 0 Å². The molecular weight excluding hydrogens is 733 g/mol. The molecule has 3 aromatic heterocycles. The lowest BCUT2D eigenvalue weighted by atomic mass is 9.99. The molecule has 1 unspecified atom stereocenters. The molecule has 12 rings (SSSR count). The first-order chi connectivity index (χ1) is 28.2. The minimum atomic E-state index is -0.297. The van der Waals surface area contributed by atoms with Gasteiger partial charge in [-0.05, 0) is 47.5 Å². The summed E-state index contributed by atoms with van der Waals surface area (Å²) in [4.78, 5) is 10.2. The Morgan fingerprint density at radius 3 is 1.93 bits per heavy atom. The molecule has 0 saturated carbocycles. The van der Waals surface area contributed by atoms with Crippen molar-refractivity contribution >= 4 is 96.5 Å². The smallest absolute Gasteiger partial charge is 0.159 e. The molecule has 0 fully saturated rings. The van der Waals surface area contributed by atoms with Crippen LogP contribution in [0.15, 0.2) is 192 Å². The number of hydrogen-bond donors (Lipinski definition) is 1. The van der Waals surface area contributed by atoms with Crippen LogP contribution in [0.25, 0.3) is 79.0 Å². The van der Waals surface area contributed by atoms with Crippen LogP contribution in [0.1, 0.15) is 22.9 Å². The van der Waals surface area contributed by atoms with Crippen LogP contribution < -0.4 is 5.32 Å². The van der Waals surface area contributed by atoms with E-state index in [1.54, 1.807) is 0 Å². The molecular formula is C51H32N4S2. The Bertz CT molecular complexity index is 3390. The largest absolute Gasteiger partial charge is 0.344 e. The third-order valence-corrected chi connectivity index (χ3v) is 13.6. The number of thiophene rings is 2. The molecule has 0 amide bonds. The Hall–Kier alpha value is -6.86. The first-order valence-corrected chi connectivity index (χ1v) is 20.8. The molecule has 1 aliphatic rings. The van der Waals surface area contributed by atoms with Crippen molar-refractivity contribution < 1.29 is 0 Å². The first kappa shape index (κ1) is 32.4. The molecule has 57 heavy (non-hydrogen) atoms. The van der Waals surface area contributed by atoms with Gasteiger partial charge in [-0.15, -0.1) is 22.7 Å². The molecule has 0 saturated heterocycles. The van der Waals surface area contributed by atoms with Crippen molar-refractivity contribution in [1.29, 1.82) is 0 Å². The van der Waals surface area contributed by atoms with Crippen LogP contribution in [0.2, 0.25) is 0 Å². The summed E-state index contributed by atoms with van der Waals surface area (Å²) >= 11 is 3.74. The molecule has 1 atom stereocenters. The zero-order valence-electron chi connectivity index (χ0n) is 30.6. The van der Waals surface area contributed by atoms with Gasteiger partial charge in [0.05, 0.1) is 11.0 Å². The molecule has 0 spiro atoms. The Labute approximate surface area is 336 Å². The van der Waals surface area contributed by atoms with E-state index in [-0.39, 0.29) is 6.17 Å². The van der Waals surface area contributed by atoms with E-state index in [0.29, 0.717) is 0 Å². The van der Waals surface area contributed by atoms with Gasteiger partial charge in [0.25, 0.3) is 0 Å². The fourth-order valence-electron chi connectivity index (χ4n) is 8.67. The van der Waals surface area contributed by atoms with Gasteiger partial charge < -0.3 is 9.88 Å². The highest BCUT2D eigenvalue weighted by molar-refractivity contribution is 7.26. The van der Waals surface area contributed by atoms with Crippen molar-refractivity contribution in [3.05, 3.63) is 199 Å². The number of amidine groups is 2. The van der Waals surface area contributed by atoms with Crippen LogP contribution in [0.5, 0.6) is 0 Å². The van der Waals surface area contributed by atoms with Crippen LogP contribution in [0, 0.1) is 0 Å². The van der Waals surface area contributed by atoms with Crippen LogP contribution in [0.4, 0.5) is 0 Å². The molecule has 0 bridgehead atoms. The van der Waals surface area contributed by atoms with E-state index in [9.17, 15) is 0 Å². The number of benzene rings is 8. The third-order valence-electron chi connectivity index (χ3n) is 11.3. The molecule has 6 heteroatoms. The standard InChI is InChI=1S/C51H32N4S2/c1-3-13-31(14-4-1)49-52-50(32-15-5-2-6-16-32)54-51(53-49)41-21-12-24-44-47(41)40-27-25-33(29-45(40)56-44)35-19-11-20-39-38-28-26-34(30-46(38)57-48(35)39)55-42-22-9-7-17-36(42)37-18-8-10-23-43(37)55/h1-30,51H,(H,52,53,54). The zero-order chi connectivity index (χ0) is 37.5. The molecule has 1 N–H and O–H groups in total. The maximum atomic E-state index is 5.23. The Balaban J connectivity index is 0.966. The fraction of sp³-hybridized carbons (Fsp3) is 0.0196. The van der Waals surface area contributed by atoms with Gasteiger partial charge in [0.1, 0.15) is 12.0 Å². The van der Waals surface area contributed by atoms with Crippen molar-refractivity contribution in [2.75, 3.05) is 0 Å². The lowest BCUT2D eigenvalue weighted by Crippen LogP contribution is -2.33. The molecule has 11 aromatic rings. The van der Waals surface area contributed by atoms with Gasteiger partial charge in [0.15, 0.2) is 5.84 Å². The summed E-state index contributed by atoms with van der Waals surface area (Å²) in [5, 5.41) is 11.3. The zero-order valence-corrected chi connectivity index (χ0v) is 32.2. The van der Waals surface area contributed by atoms with E-state index < -0.39 is 0 Å². The molecule has 268 valence electrons. The minimum Gasteiger partial charge on any atom is -0.344 e. The lowest BCUT2D eigenvalue weighted by molar-refractivity contribution is 0.680. The number of aromatic nitrogens is 1. The number of hydrogen-bond acceptors (Lipinski definition) is 5. The number of aliphatic imine (C=N–C) groups is 2. The molecule has 4 heterocycles. The van der Waals surface area contributed by atoms with Gasteiger partial charge in [0.2, 0.25) is 0 Å². The summed E-state index contributed by atoms with van der Waals surface area (Å²) in [6, 6.07) is 65.4. The minimum absolute atomic E-state index is 0.297. The molecule has 0 aliphatic carbocycles. The quantitative estimate of drug-likeness (QED) is 0.186. The van der Waals surface area contributed by atoms with E-state index in [0.717, 1.165) is 28.4 Å². The number of fused-ring (bicyclic) bond motifs is 9. The molecule has 8 aromatic carbocycles. The van der Waals surface area contributed by atoms with Crippen LogP contribution >= 0.6 is 22.7 Å². The number of nitrogens with zero attached hydrogens (tertiary/aromatic N) is 3. The Kier molecular flexibility index (Phi) is 7.30. The number of rotatable bonds is 5. The molecule has 4 nitrogen and oxygen atoms in total. The van der Waals surface area contributed by atoms with Crippen molar-refractivity contribution in [3.63, 3.8) is 0 Å². The van der Waals surface area contributed by atoms with Gasteiger partial charge in [-0.25, -0.2) is 9.98 Å². The third kappa shape index (κ3) is 5.18. The summed E-state index contributed by atoms with van der Waals surface area (Å²) in [6.45, 7) is 0. The van der Waals surface area contributed by atoms with Gasteiger partial charge in [-0.3, -0.25) is 0 Å². The van der Waals surface area contributed by atoms with Gasteiger partial charge >= 0.3 is 0 Å². The highest BCUT2D eigenvalue weighted by atomic mass is 32.1. The number of nitrogens with one attached hydrogen (secondary N) is 1. The van der Waals surface area contributed by atoms with E-state index >= 15 is 0 Å². The maximum Gasteiger partial charge on any atom is 0.159 e. The highest BCUT2D eigenvalue weighted by Gasteiger charge is 2.24. The van der Waals surface area contributed by atoms with Crippen LogP contribution in [-0.2, 0) is 0 Å². The predicted octanol–water partition coefficient (Wildman–Crippen LogP) is 13.7. The average Bonchev–Trinajstić information content (AvgIpc) is 3.96. The van der Waals surface area contributed by atoms with E-state index in [2.05, 4.69) is 168 Å². The topological polar surface area (TPSA) is 41.7 Å². The second-order valence-corrected chi connectivity index (χ2v) is 16.7. The summed E-state index contributed by atoms with van der Waals surface area (Å²) in [6.07, 6.45) is -0.297. The summed E-state index contributed by atoms with van der Waals surface area (Å²) in [7, 11) is 0. The normalized spacial score (nSPS) is 14.5. The summed E-state index contributed by atoms with van der Waals surface area (Å²) in [5.74, 6) is 1.56. The predicted molar refractivity (Wildman–Crippen MR) is 244 cm³/mol. The first-order valence-electron chi connectivity index (χ1n) is 19.2. The van der Waals surface area contributed by atoms with Crippen molar-refractivity contribution in [1.82, 2.24) is 9.88 Å². The van der Waals surface area contributed by atoms with E-state index in [4.69, 9.17) is 9.98 Å². The lowest BCUT2D eigenvalue weighted by Gasteiger charge is -2.24. The van der Waals surface area contributed by atoms with Gasteiger partial charge in [-0.2, -0.15) is 0 Å². The molecule has 0 radical (unpaired) electrons. The maximum absolute atomic E-state index is 5.23. The van der Waals surface area contributed by atoms with E-state index in [1.807, 2.05) is 46.9 Å². The van der Waals surface area contributed by atoms with Gasteiger partial charge in [0, 0.05) is 73.5 Å². The van der Waals surface area contributed by atoms with Crippen LogP contribution in [-0.4, -0.2) is 16.2 Å². The Morgan fingerprint density at radius 2 is 1.14 bits per heavy atom. The summed E-state index contributed by atoms with van der Waals surface area (Å²) in [5.41, 5.74) is 9.33. The van der Waals surface area contributed by atoms with Crippen molar-refractivity contribution in [2.45, 2.75) is 6.17 Å². The Morgan fingerprint density at radius 1 is 0.474 bits per heavy atom. The SMILES string of the molecule is c1ccc(C2=NC(c3cccc4sc5cc(-c6cccc7c6sc6cc(-n8c9ccccc9c9ccccc98)ccc67)ccc5c34)NC(c3ccccc3)=N2)cc1. The summed E-state index contributed by atoms with van der Waals surface area (Å²) < 4.78 is 7.53. The average molecular weight is 765 g/mol. The highest BCUT2D eigenvalue weighted by Crippen LogP contribution is 2.45. The van der Waals surface area contributed by atoms with Crippen molar-refractivity contribution in [3.8, 4) is 16.8 Å². The second kappa shape index (κ2) is 12.8. The van der Waals surface area contributed by atoms with E-state index in [1.165, 1.54) is 79.0 Å². The molecule has 1 aliphatic heterocycles. The number of para-hydroxylation sites is 2. The van der Waals surface area contributed by atoms with Crippen molar-refractivity contribution in [2.24, 2.45) is 9.98 Å².